The van der Waals surface area contributed by atoms with Gasteiger partial charge < -0.3 is 5.32 Å². The molecule has 1 aliphatic rings. The van der Waals surface area contributed by atoms with E-state index in [-0.39, 0.29) is 5.91 Å². The van der Waals surface area contributed by atoms with Gasteiger partial charge in [0.2, 0.25) is 0 Å². The van der Waals surface area contributed by atoms with Gasteiger partial charge in [-0.15, -0.1) is 11.3 Å². The predicted octanol–water partition coefficient (Wildman–Crippen LogP) is 3.30. The summed E-state index contributed by atoms with van der Waals surface area (Å²) in [6, 6.07) is 6.00. The van der Waals surface area contributed by atoms with Crippen molar-refractivity contribution in [2.24, 2.45) is 0 Å². The summed E-state index contributed by atoms with van der Waals surface area (Å²) in [5, 5.41) is 5.19. The zero-order chi connectivity index (χ0) is 14.7. The van der Waals surface area contributed by atoms with E-state index in [0.29, 0.717) is 6.54 Å². The molecule has 0 saturated heterocycles. The van der Waals surface area contributed by atoms with Crippen LogP contribution in [0.15, 0.2) is 23.6 Å². The molecule has 0 aromatic carbocycles. The lowest BCUT2D eigenvalue weighted by atomic mass is 9.94. The Labute approximate surface area is 129 Å². The molecule has 1 N–H and O–H groups in total. The van der Waals surface area contributed by atoms with Gasteiger partial charge in [-0.1, -0.05) is 6.07 Å². The molecule has 0 saturated carbocycles. The Morgan fingerprint density at radius 3 is 3.05 bits per heavy atom. The molecule has 0 radical (unpaired) electrons. The Kier molecular flexibility index (Phi) is 4.34. The number of rotatable bonds is 4. The lowest BCUT2D eigenvalue weighted by Crippen LogP contribution is -2.26. The number of thiophene rings is 1. The second-order valence-electron chi connectivity index (χ2n) is 5.55. The topological polar surface area (TPSA) is 42.0 Å². The van der Waals surface area contributed by atoms with Gasteiger partial charge in [0.15, 0.2) is 0 Å². The van der Waals surface area contributed by atoms with Crippen molar-refractivity contribution in [3.8, 4) is 0 Å². The molecule has 0 atom stereocenters. The highest BCUT2D eigenvalue weighted by Gasteiger charge is 2.19. The highest BCUT2D eigenvalue weighted by molar-refractivity contribution is 7.12. The number of carbonyl (C=O) groups excluding carboxylic acids is 1. The van der Waals surface area contributed by atoms with E-state index >= 15 is 0 Å². The van der Waals surface area contributed by atoms with Crippen molar-refractivity contribution < 1.29 is 4.79 Å². The molecule has 2 aromatic heterocycles. The normalized spacial score (nSPS) is 13.8. The molecular formula is C17H20N2OS. The first-order chi connectivity index (χ1) is 10.2. The molecular weight excluding hydrogens is 280 g/mol. The number of hydrogen-bond donors (Lipinski definition) is 1. The van der Waals surface area contributed by atoms with Crippen LogP contribution >= 0.6 is 11.3 Å². The van der Waals surface area contributed by atoms with E-state index in [9.17, 15) is 4.79 Å². The molecule has 2 aromatic rings. The largest absolute Gasteiger partial charge is 0.351 e. The van der Waals surface area contributed by atoms with E-state index in [1.165, 1.54) is 24.0 Å². The van der Waals surface area contributed by atoms with Crippen molar-refractivity contribution >= 4 is 17.2 Å². The zero-order valence-electron chi connectivity index (χ0n) is 12.3. The van der Waals surface area contributed by atoms with Gasteiger partial charge in [-0.25, -0.2) is 0 Å². The molecule has 4 heteroatoms. The van der Waals surface area contributed by atoms with Gasteiger partial charge >= 0.3 is 0 Å². The maximum Gasteiger partial charge on any atom is 0.261 e. The summed E-state index contributed by atoms with van der Waals surface area (Å²) in [7, 11) is 0. The molecule has 1 amide bonds. The fourth-order valence-corrected chi connectivity index (χ4v) is 3.91. The number of aryl methyl sites for hydroxylation is 2. The standard InChI is InChI=1S/C17H20N2OS/c1-12-5-4-7-14(19-12)9-10-18-17(20)16-15-8-3-2-6-13(15)11-21-16/h4-5,7,11H,2-3,6,8-10H2,1H3,(H,18,20). The Balaban J connectivity index is 1.58. The highest BCUT2D eigenvalue weighted by atomic mass is 32.1. The first-order valence-corrected chi connectivity index (χ1v) is 8.42. The molecule has 0 spiro atoms. The van der Waals surface area contributed by atoms with Crippen LogP contribution in [-0.4, -0.2) is 17.4 Å². The Morgan fingerprint density at radius 1 is 1.33 bits per heavy atom. The van der Waals surface area contributed by atoms with Crippen LogP contribution in [0.1, 0.15) is 45.0 Å². The van der Waals surface area contributed by atoms with Crippen LogP contribution in [0.5, 0.6) is 0 Å². The van der Waals surface area contributed by atoms with Crippen LogP contribution in [0, 0.1) is 6.92 Å². The smallest absolute Gasteiger partial charge is 0.261 e. The quantitative estimate of drug-likeness (QED) is 0.941. The molecule has 0 aliphatic heterocycles. The monoisotopic (exact) mass is 300 g/mol. The SMILES string of the molecule is Cc1cccc(CCNC(=O)c2scc3c2CCCC3)n1. The average molecular weight is 300 g/mol. The first-order valence-electron chi connectivity index (χ1n) is 7.54. The van der Waals surface area contributed by atoms with Crippen molar-refractivity contribution in [1.82, 2.24) is 10.3 Å². The molecule has 1 aliphatic carbocycles. The molecule has 2 heterocycles. The van der Waals surface area contributed by atoms with Gasteiger partial charge in [-0.3, -0.25) is 9.78 Å². The van der Waals surface area contributed by atoms with Crippen molar-refractivity contribution in [3.05, 3.63) is 51.0 Å². The van der Waals surface area contributed by atoms with E-state index < -0.39 is 0 Å². The van der Waals surface area contributed by atoms with E-state index in [4.69, 9.17) is 0 Å². The highest BCUT2D eigenvalue weighted by Crippen LogP contribution is 2.29. The maximum absolute atomic E-state index is 12.3. The number of carbonyl (C=O) groups is 1. The molecule has 110 valence electrons. The number of nitrogens with one attached hydrogen (secondary N) is 1. The fraction of sp³-hybridized carbons (Fsp3) is 0.412. The fourth-order valence-electron chi connectivity index (χ4n) is 2.83. The summed E-state index contributed by atoms with van der Waals surface area (Å²) in [6.45, 7) is 2.63. The van der Waals surface area contributed by atoms with Crippen molar-refractivity contribution in [2.75, 3.05) is 6.54 Å². The maximum atomic E-state index is 12.3. The van der Waals surface area contributed by atoms with E-state index in [1.807, 2.05) is 25.1 Å². The number of aromatic nitrogens is 1. The number of nitrogens with zero attached hydrogens (tertiary/aromatic N) is 1. The number of fused-ring (bicyclic) bond motifs is 1. The van der Waals surface area contributed by atoms with Crippen LogP contribution in [0.3, 0.4) is 0 Å². The Morgan fingerprint density at radius 2 is 2.19 bits per heavy atom. The van der Waals surface area contributed by atoms with Gasteiger partial charge in [-0.05, 0) is 61.2 Å². The minimum Gasteiger partial charge on any atom is -0.351 e. The summed E-state index contributed by atoms with van der Waals surface area (Å²) in [5.41, 5.74) is 4.73. The Bertz CT molecular complexity index is 648. The van der Waals surface area contributed by atoms with Crippen LogP contribution in [0.2, 0.25) is 0 Å². The molecule has 0 bridgehead atoms. The van der Waals surface area contributed by atoms with Gasteiger partial charge in [0, 0.05) is 24.4 Å². The molecule has 0 unspecified atom stereocenters. The van der Waals surface area contributed by atoms with Gasteiger partial charge in [0.25, 0.3) is 5.91 Å². The summed E-state index contributed by atoms with van der Waals surface area (Å²) in [5.74, 6) is 0.0794. The van der Waals surface area contributed by atoms with Gasteiger partial charge in [0.05, 0.1) is 4.88 Å². The third kappa shape index (κ3) is 3.32. The van der Waals surface area contributed by atoms with Crippen LogP contribution < -0.4 is 5.32 Å². The van der Waals surface area contributed by atoms with Gasteiger partial charge in [0.1, 0.15) is 0 Å². The lowest BCUT2D eigenvalue weighted by molar-refractivity contribution is 0.0957. The summed E-state index contributed by atoms with van der Waals surface area (Å²) in [4.78, 5) is 17.7. The zero-order valence-corrected chi connectivity index (χ0v) is 13.1. The van der Waals surface area contributed by atoms with Crippen molar-refractivity contribution in [1.29, 1.82) is 0 Å². The minimum absolute atomic E-state index is 0.0794. The average Bonchev–Trinajstić information content (AvgIpc) is 2.91. The molecule has 3 rings (SSSR count). The second kappa shape index (κ2) is 6.39. The molecule has 3 nitrogen and oxygen atoms in total. The third-order valence-corrected chi connectivity index (χ3v) is 4.99. The van der Waals surface area contributed by atoms with Crippen LogP contribution in [0.25, 0.3) is 0 Å². The lowest BCUT2D eigenvalue weighted by Gasteiger charge is -2.12. The number of hydrogen-bond acceptors (Lipinski definition) is 3. The van der Waals surface area contributed by atoms with E-state index in [2.05, 4.69) is 15.7 Å². The Hall–Kier alpha value is -1.68. The van der Waals surface area contributed by atoms with Gasteiger partial charge in [-0.2, -0.15) is 0 Å². The third-order valence-electron chi connectivity index (χ3n) is 3.92. The van der Waals surface area contributed by atoms with E-state index in [0.717, 1.165) is 35.5 Å². The summed E-state index contributed by atoms with van der Waals surface area (Å²) < 4.78 is 0. The minimum atomic E-state index is 0.0794. The summed E-state index contributed by atoms with van der Waals surface area (Å²) in [6.07, 6.45) is 5.43. The van der Waals surface area contributed by atoms with Crippen LogP contribution in [-0.2, 0) is 19.3 Å². The van der Waals surface area contributed by atoms with E-state index in [1.54, 1.807) is 11.3 Å². The summed E-state index contributed by atoms with van der Waals surface area (Å²) >= 11 is 1.59. The van der Waals surface area contributed by atoms with Crippen molar-refractivity contribution in [2.45, 2.75) is 39.0 Å². The molecule has 21 heavy (non-hydrogen) atoms. The van der Waals surface area contributed by atoms with Crippen LogP contribution in [0.4, 0.5) is 0 Å². The first kappa shape index (κ1) is 14.3. The molecule has 0 fully saturated rings. The second-order valence-corrected chi connectivity index (χ2v) is 6.43. The number of pyridine rings is 1. The number of amides is 1. The predicted molar refractivity (Wildman–Crippen MR) is 86.0 cm³/mol. The van der Waals surface area contributed by atoms with Crippen molar-refractivity contribution in [3.63, 3.8) is 0 Å².